The van der Waals surface area contributed by atoms with Crippen LogP contribution in [0.25, 0.3) is 0 Å². The van der Waals surface area contributed by atoms with Crippen LogP contribution < -0.4 is 0 Å². The van der Waals surface area contributed by atoms with Crippen molar-refractivity contribution in [1.82, 2.24) is 0 Å². The average molecular weight is 397 g/mol. The van der Waals surface area contributed by atoms with Crippen molar-refractivity contribution in [2.45, 2.75) is 129 Å². The van der Waals surface area contributed by atoms with Crippen LogP contribution in [0, 0.1) is 17.8 Å². The Morgan fingerprint density at radius 3 is 1.90 bits per heavy atom. The molecular formula is C29H48. The molecule has 1 aromatic rings. The number of unbranched alkanes of at least 4 members (excludes halogenated alkanes) is 2. The summed E-state index contributed by atoms with van der Waals surface area (Å²) < 4.78 is 0. The van der Waals surface area contributed by atoms with E-state index in [1.165, 1.54) is 96.3 Å². The summed E-state index contributed by atoms with van der Waals surface area (Å²) >= 11 is 0. The quantitative estimate of drug-likeness (QED) is 0.345. The van der Waals surface area contributed by atoms with Crippen molar-refractivity contribution in [3.63, 3.8) is 0 Å². The largest absolute Gasteiger partial charge is 0.0654 e. The monoisotopic (exact) mass is 396 g/mol. The normalized spacial score (nSPS) is 28.9. The molecule has 2 saturated carbocycles. The first-order valence-electron chi connectivity index (χ1n) is 13.3. The number of hydrogen-bond acceptors (Lipinski definition) is 0. The summed E-state index contributed by atoms with van der Waals surface area (Å²) in [5.74, 6) is 4.58. The second-order valence-electron chi connectivity index (χ2n) is 10.7. The maximum absolute atomic E-state index is 2.48. The molecule has 0 N–H and O–H groups in total. The molecule has 0 unspecified atom stereocenters. The fourth-order valence-electron chi connectivity index (χ4n) is 6.36. The zero-order chi connectivity index (χ0) is 20.5. The van der Waals surface area contributed by atoms with E-state index in [0.717, 1.165) is 29.6 Å². The van der Waals surface area contributed by atoms with Gasteiger partial charge in [-0.25, -0.2) is 0 Å². The minimum atomic E-state index is 0.728. The SMILES string of the molecule is CCCCCC1CCC(c2ccc([C@H](C)CC3CCC(CCC)CC3)cc2)CC1. The molecule has 0 aromatic heterocycles. The highest BCUT2D eigenvalue weighted by Crippen LogP contribution is 2.39. The molecule has 1 atom stereocenters. The molecule has 0 saturated heterocycles. The zero-order valence-electron chi connectivity index (χ0n) is 19.8. The summed E-state index contributed by atoms with van der Waals surface area (Å²) in [6, 6.07) is 9.89. The molecule has 0 aliphatic heterocycles. The molecule has 3 rings (SSSR count). The van der Waals surface area contributed by atoms with Gasteiger partial charge >= 0.3 is 0 Å². The Kier molecular flexibility index (Phi) is 9.60. The van der Waals surface area contributed by atoms with Crippen LogP contribution in [-0.2, 0) is 0 Å². The van der Waals surface area contributed by atoms with Crippen molar-refractivity contribution in [2.24, 2.45) is 17.8 Å². The van der Waals surface area contributed by atoms with Gasteiger partial charge in [-0.1, -0.05) is 109 Å². The van der Waals surface area contributed by atoms with Gasteiger partial charge in [0.25, 0.3) is 0 Å². The molecule has 29 heavy (non-hydrogen) atoms. The van der Waals surface area contributed by atoms with Gasteiger partial charge < -0.3 is 0 Å². The van der Waals surface area contributed by atoms with Crippen molar-refractivity contribution in [3.05, 3.63) is 35.4 Å². The lowest BCUT2D eigenvalue weighted by atomic mass is 9.75. The van der Waals surface area contributed by atoms with Crippen LogP contribution >= 0.6 is 0 Å². The van der Waals surface area contributed by atoms with Crippen molar-refractivity contribution >= 4 is 0 Å². The van der Waals surface area contributed by atoms with Gasteiger partial charge in [-0.3, -0.25) is 0 Å². The van der Waals surface area contributed by atoms with Crippen LogP contribution in [0.3, 0.4) is 0 Å². The van der Waals surface area contributed by atoms with E-state index in [9.17, 15) is 0 Å². The summed E-state index contributed by atoms with van der Waals surface area (Å²) in [5, 5.41) is 0. The second-order valence-corrected chi connectivity index (χ2v) is 10.7. The highest BCUT2D eigenvalue weighted by molar-refractivity contribution is 5.28. The topological polar surface area (TPSA) is 0 Å². The van der Waals surface area contributed by atoms with Gasteiger partial charge in [-0.15, -0.1) is 0 Å². The molecule has 0 radical (unpaired) electrons. The Hall–Kier alpha value is -0.780. The van der Waals surface area contributed by atoms with Gasteiger partial charge in [0.05, 0.1) is 0 Å². The third-order valence-electron chi connectivity index (χ3n) is 8.39. The Bertz CT molecular complexity index is 540. The van der Waals surface area contributed by atoms with Crippen LogP contribution in [0.4, 0.5) is 0 Å². The van der Waals surface area contributed by atoms with Gasteiger partial charge in [-0.05, 0) is 72.8 Å². The van der Waals surface area contributed by atoms with Crippen LogP contribution in [0.15, 0.2) is 24.3 Å². The molecule has 2 aliphatic carbocycles. The van der Waals surface area contributed by atoms with E-state index in [1.54, 1.807) is 11.1 Å². The molecule has 2 fully saturated rings. The molecular weight excluding hydrogens is 348 g/mol. The smallest absolute Gasteiger partial charge is 0.0162 e. The maximum Gasteiger partial charge on any atom is -0.0162 e. The van der Waals surface area contributed by atoms with Gasteiger partial charge in [-0.2, -0.15) is 0 Å². The second kappa shape index (κ2) is 12.2. The van der Waals surface area contributed by atoms with Crippen molar-refractivity contribution < 1.29 is 0 Å². The minimum absolute atomic E-state index is 0.728. The van der Waals surface area contributed by atoms with E-state index in [0.29, 0.717) is 0 Å². The maximum atomic E-state index is 2.48. The Morgan fingerprint density at radius 2 is 1.28 bits per heavy atom. The molecule has 0 spiro atoms. The third-order valence-corrected chi connectivity index (χ3v) is 8.39. The molecule has 0 nitrogen and oxygen atoms in total. The highest BCUT2D eigenvalue weighted by atomic mass is 14.3. The Morgan fingerprint density at radius 1 is 0.690 bits per heavy atom. The zero-order valence-corrected chi connectivity index (χ0v) is 19.8. The first kappa shape index (κ1) is 22.9. The summed E-state index contributed by atoms with van der Waals surface area (Å²) in [7, 11) is 0. The molecule has 0 bridgehead atoms. The minimum Gasteiger partial charge on any atom is -0.0654 e. The lowest BCUT2D eigenvalue weighted by Gasteiger charge is -2.30. The van der Waals surface area contributed by atoms with Crippen LogP contribution in [0.5, 0.6) is 0 Å². The summed E-state index contributed by atoms with van der Waals surface area (Å²) in [4.78, 5) is 0. The number of rotatable bonds is 10. The van der Waals surface area contributed by atoms with Crippen LogP contribution in [0.1, 0.15) is 140 Å². The number of hydrogen-bond donors (Lipinski definition) is 0. The molecule has 0 heterocycles. The standard InChI is InChI=1S/C29H48/c1-4-6-7-9-25-14-16-28(17-15-25)29-20-18-27(19-21-29)23(3)22-26-12-10-24(8-5-2)11-13-26/h18-21,23-26,28H,4-17,22H2,1-3H3/t23-,24?,25?,26?,28?/m1/s1. The van der Waals surface area contributed by atoms with E-state index in [-0.39, 0.29) is 0 Å². The predicted molar refractivity (Wildman–Crippen MR) is 129 cm³/mol. The van der Waals surface area contributed by atoms with Crippen LogP contribution in [0.2, 0.25) is 0 Å². The van der Waals surface area contributed by atoms with E-state index < -0.39 is 0 Å². The van der Waals surface area contributed by atoms with Gasteiger partial charge in [0.1, 0.15) is 0 Å². The van der Waals surface area contributed by atoms with Gasteiger partial charge in [0, 0.05) is 0 Å². The van der Waals surface area contributed by atoms with E-state index in [2.05, 4.69) is 45.0 Å². The van der Waals surface area contributed by atoms with Crippen molar-refractivity contribution in [2.75, 3.05) is 0 Å². The Labute approximate surface area is 182 Å². The Balaban J connectivity index is 1.42. The lowest BCUT2D eigenvalue weighted by molar-refractivity contribution is 0.244. The van der Waals surface area contributed by atoms with E-state index >= 15 is 0 Å². The summed E-state index contributed by atoms with van der Waals surface area (Å²) in [6.45, 7) is 7.13. The molecule has 0 heteroatoms. The van der Waals surface area contributed by atoms with Crippen molar-refractivity contribution in [1.29, 1.82) is 0 Å². The number of benzene rings is 1. The average Bonchev–Trinajstić information content (AvgIpc) is 2.76. The highest BCUT2D eigenvalue weighted by Gasteiger charge is 2.24. The lowest BCUT2D eigenvalue weighted by Crippen LogP contribution is -2.16. The molecule has 0 amide bonds. The van der Waals surface area contributed by atoms with Crippen LogP contribution in [-0.4, -0.2) is 0 Å². The predicted octanol–water partition coefficient (Wildman–Crippen LogP) is 9.64. The van der Waals surface area contributed by atoms with E-state index in [1.807, 2.05) is 0 Å². The van der Waals surface area contributed by atoms with Crippen molar-refractivity contribution in [3.8, 4) is 0 Å². The summed E-state index contributed by atoms with van der Waals surface area (Å²) in [5.41, 5.74) is 3.20. The van der Waals surface area contributed by atoms with Gasteiger partial charge in [0.15, 0.2) is 0 Å². The first-order valence-corrected chi connectivity index (χ1v) is 13.3. The third kappa shape index (κ3) is 7.15. The fourth-order valence-corrected chi connectivity index (χ4v) is 6.36. The summed E-state index contributed by atoms with van der Waals surface area (Å²) in [6.07, 6.45) is 21.7. The molecule has 2 aliphatic rings. The molecule has 164 valence electrons. The van der Waals surface area contributed by atoms with Gasteiger partial charge in [0.2, 0.25) is 0 Å². The first-order chi connectivity index (χ1) is 14.2. The van der Waals surface area contributed by atoms with E-state index in [4.69, 9.17) is 0 Å². The molecule has 1 aromatic carbocycles. The fraction of sp³-hybridized carbons (Fsp3) is 0.793.